The highest BCUT2D eigenvalue weighted by atomic mass is 35.5. The van der Waals surface area contributed by atoms with Crippen LogP contribution in [0.4, 0.5) is 0 Å². The molecule has 0 heterocycles. The minimum absolute atomic E-state index is 0.132. The van der Waals surface area contributed by atoms with Gasteiger partial charge in [-0.3, -0.25) is 0 Å². The molecule has 0 spiro atoms. The molecule has 0 N–H and O–H groups in total. The van der Waals surface area contributed by atoms with Crippen molar-refractivity contribution >= 4 is 52.6 Å². The van der Waals surface area contributed by atoms with Crippen molar-refractivity contribution in [2.45, 2.75) is 45.6 Å². The Bertz CT molecular complexity index is 929. The maximum absolute atomic E-state index is 6.27. The van der Waals surface area contributed by atoms with Gasteiger partial charge in [0.05, 0.1) is 29.5 Å². The zero-order valence-electron chi connectivity index (χ0n) is 19.5. The predicted molar refractivity (Wildman–Crippen MR) is 141 cm³/mol. The molecular formula is C25H29Cl4NO4. The van der Waals surface area contributed by atoms with E-state index in [2.05, 4.69) is 5.16 Å². The Hall–Kier alpha value is -1.79. The number of hydrogen-bond donors (Lipinski definition) is 0. The molecule has 186 valence electrons. The lowest BCUT2D eigenvalue weighted by molar-refractivity contribution is 0.00199. The summed E-state index contributed by atoms with van der Waals surface area (Å²) in [6, 6.07) is 11.0. The second-order valence-electron chi connectivity index (χ2n) is 8.29. The monoisotopic (exact) mass is 547 g/mol. The number of halogens is 4. The zero-order valence-corrected chi connectivity index (χ0v) is 22.5. The third-order valence-electron chi connectivity index (χ3n) is 4.17. The second-order valence-corrected chi connectivity index (χ2v) is 10.1. The summed E-state index contributed by atoms with van der Waals surface area (Å²) in [6.07, 6.45) is 5.89. The first kappa shape index (κ1) is 28.4. The molecule has 34 heavy (non-hydrogen) atoms. The molecule has 0 bridgehead atoms. The Balaban J connectivity index is 1.65. The first-order valence-electron chi connectivity index (χ1n) is 10.8. The third-order valence-corrected chi connectivity index (χ3v) is 5.04. The molecule has 0 aliphatic rings. The van der Waals surface area contributed by atoms with Crippen molar-refractivity contribution in [1.82, 2.24) is 0 Å². The van der Waals surface area contributed by atoms with Crippen molar-refractivity contribution in [3.8, 4) is 17.2 Å². The van der Waals surface area contributed by atoms with Gasteiger partial charge in [-0.1, -0.05) is 51.6 Å². The molecule has 0 unspecified atom stereocenters. The SMILES string of the molecule is CC(C)(C)O/N=C/c1ccc(OCCCCCOc2c(Cl)cc(OCC=C(Cl)Cl)cc2Cl)cc1. The lowest BCUT2D eigenvalue weighted by Gasteiger charge is -2.14. The largest absolute Gasteiger partial charge is 0.494 e. The van der Waals surface area contributed by atoms with Gasteiger partial charge in [0.25, 0.3) is 0 Å². The lowest BCUT2D eigenvalue weighted by Crippen LogP contribution is -2.15. The van der Waals surface area contributed by atoms with Crippen LogP contribution in [0.5, 0.6) is 17.2 Å². The summed E-state index contributed by atoms with van der Waals surface area (Å²) >= 11 is 23.7. The molecule has 0 amide bonds. The number of rotatable bonds is 13. The molecule has 2 aromatic carbocycles. The topological polar surface area (TPSA) is 49.3 Å². The molecule has 0 aromatic heterocycles. The first-order valence-corrected chi connectivity index (χ1v) is 12.4. The Morgan fingerprint density at radius 2 is 1.47 bits per heavy atom. The predicted octanol–water partition coefficient (Wildman–Crippen LogP) is 8.47. The van der Waals surface area contributed by atoms with E-state index in [1.165, 1.54) is 6.08 Å². The van der Waals surface area contributed by atoms with E-state index in [-0.39, 0.29) is 16.7 Å². The number of oxime groups is 1. The molecule has 0 saturated carbocycles. The van der Waals surface area contributed by atoms with Crippen LogP contribution in [-0.4, -0.2) is 31.6 Å². The van der Waals surface area contributed by atoms with Crippen molar-refractivity contribution in [3.63, 3.8) is 0 Å². The van der Waals surface area contributed by atoms with Crippen molar-refractivity contribution in [1.29, 1.82) is 0 Å². The molecule has 2 aromatic rings. The summed E-state index contributed by atoms with van der Waals surface area (Å²) in [5, 5.41) is 4.75. The normalized spacial score (nSPS) is 11.4. The number of unbranched alkanes of at least 4 members (excludes halogenated alkanes) is 2. The molecule has 0 radical (unpaired) electrons. The summed E-state index contributed by atoms with van der Waals surface area (Å²) < 4.78 is 17.2. The van der Waals surface area contributed by atoms with E-state index in [0.29, 0.717) is 34.8 Å². The van der Waals surface area contributed by atoms with Gasteiger partial charge < -0.3 is 19.0 Å². The van der Waals surface area contributed by atoms with Crippen molar-refractivity contribution in [3.05, 3.63) is 62.6 Å². The van der Waals surface area contributed by atoms with Crippen LogP contribution in [0.15, 0.2) is 52.1 Å². The van der Waals surface area contributed by atoms with Crippen LogP contribution in [-0.2, 0) is 4.84 Å². The minimum atomic E-state index is -0.305. The number of hydrogen-bond acceptors (Lipinski definition) is 5. The molecule has 0 saturated heterocycles. The van der Waals surface area contributed by atoms with Crippen LogP contribution in [0, 0.1) is 0 Å². The fourth-order valence-corrected chi connectivity index (χ4v) is 3.30. The Labute approximate surface area is 221 Å². The van der Waals surface area contributed by atoms with E-state index in [4.69, 9.17) is 65.5 Å². The van der Waals surface area contributed by atoms with Crippen molar-refractivity contribution < 1.29 is 19.0 Å². The fourth-order valence-electron chi connectivity index (χ4n) is 2.60. The summed E-state index contributed by atoms with van der Waals surface area (Å²) in [5.74, 6) is 1.76. The molecule has 0 atom stereocenters. The maximum atomic E-state index is 6.27. The smallest absolute Gasteiger partial charge is 0.156 e. The molecule has 5 nitrogen and oxygen atoms in total. The van der Waals surface area contributed by atoms with Crippen LogP contribution in [0.25, 0.3) is 0 Å². The number of nitrogens with zero attached hydrogens (tertiary/aromatic N) is 1. The highest BCUT2D eigenvalue weighted by Gasteiger charge is 2.11. The molecule has 0 fully saturated rings. The molecular weight excluding hydrogens is 520 g/mol. The van der Waals surface area contributed by atoms with Gasteiger partial charge in [0, 0.05) is 12.1 Å². The van der Waals surface area contributed by atoms with Gasteiger partial charge >= 0.3 is 0 Å². The Morgan fingerprint density at radius 3 is 2.06 bits per heavy atom. The third kappa shape index (κ3) is 11.6. The minimum Gasteiger partial charge on any atom is -0.494 e. The maximum Gasteiger partial charge on any atom is 0.156 e. The van der Waals surface area contributed by atoms with Crippen LogP contribution in [0.2, 0.25) is 10.0 Å². The molecule has 9 heteroatoms. The average Bonchev–Trinajstić information content (AvgIpc) is 2.74. The molecule has 2 rings (SSSR count). The van der Waals surface area contributed by atoms with Gasteiger partial charge in [-0.05, 0) is 75.9 Å². The van der Waals surface area contributed by atoms with Gasteiger partial charge in [-0.2, -0.15) is 0 Å². The standard InChI is InChI=1S/C25H29Cl4NO4/c1-25(2,3)34-30-17-18-7-9-19(10-8-18)31-12-5-4-6-13-33-24-21(26)15-20(16-22(24)27)32-14-11-23(28)29/h7-11,15-17H,4-6,12-14H2,1-3H3/b30-17+. The molecule has 0 aliphatic heterocycles. The van der Waals surface area contributed by atoms with Gasteiger partial charge in [-0.15, -0.1) is 0 Å². The lowest BCUT2D eigenvalue weighted by atomic mass is 10.2. The zero-order chi connectivity index (χ0) is 25.0. The number of ether oxygens (including phenoxy) is 3. The summed E-state index contributed by atoms with van der Waals surface area (Å²) in [6.45, 7) is 7.18. The average molecular weight is 549 g/mol. The summed E-state index contributed by atoms with van der Waals surface area (Å²) in [4.78, 5) is 5.34. The van der Waals surface area contributed by atoms with Gasteiger partial charge in [-0.25, -0.2) is 0 Å². The van der Waals surface area contributed by atoms with E-state index in [9.17, 15) is 0 Å². The van der Waals surface area contributed by atoms with E-state index in [1.54, 1.807) is 18.3 Å². The summed E-state index contributed by atoms with van der Waals surface area (Å²) in [7, 11) is 0. The summed E-state index contributed by atoms with van der Waals surface area (Å²) in [5.41, 5.74) is 0.641. The second kappa shape index (κ2) is 14.6. The van der Waals surface area contributed by atoms with Crippen LogP contribution >= 0.6 is 46.4 Å². The van der Waals surface area contributed by atoms with Gasteiger partial charge in [0.15, 0.2) is 5.75 Å². The van der Waals surface area contributed by atoms with E-state index < -0.39 is 0 Å². The highest BCUT2D eigenvalue weighted by molar-refractivity contribution is 6.55. The van der Waals surface area contributed by atoms with Crippen LogP contribution in [0.3, 0.4) is 0 Å². The van der Waals surface area contributed by atoms with Crippen LogP contribution in [0.1, 0.15) is 45.6 Å². The van der Waals surface area contributed by atoms with Gasteiger partial charge in [0.2, 0.25) is 0 Å². The van der Waals surface area contributed by atoms with Crippen LogP contribution < -0.4 is 14.2 Å². The van der Waals surface area contributed by atoms with E-state index in [0.717, 1.165) is 30.6 Å². The van der Waals surface area contributed by atoms with E-state index in [1.807, 2.05) is 45.0 Å². The quantitative estimate of drug-likeness (QED) is 0.143. The highest BCUT2D eigenvalue weighted by Crippen LogP contribution is 2.37. The number of benzene rings is 2. The van der Waals surface area contributed by atoms with Gasteiger partial charge in [0.1, 0.15) is 28.2 Å². The Morgan fingerprint density at radius 1 is 0.853 bits per heavy atom. The Kier molecular flexibility index (Phi) is 12.2. The van der Waals surface area contributed by atoms with Crippen molar-refractivity contribution in [2.24, 2.45) is 5.16 Å². The van der Waals surface area contributed by atoms with E-state index >= 15 is 0 Å². The van der Waals surface area contributed by atoms with Crippen molar-refractivity contribution in [2.75, 3.05) is 19.8 Å². The first-order chi connectivity index (χ1) is 16.1. The fraction of sp³-hybridized carbons (Fsp3) is 0.400. The molecule has 0 aliphatic carbocycles.